The lowest BCUT2D eigenvalue weighted by molar-refractivity contribution is 0.270. The van der Waals surface area contributed by atoms with Crippen molar-refractivity contribution >= 4 is 5.69 Å². The van der Waals surface area contributed by atoms with E-state index in [0.29, 0.717) is 6.04 Å². The van der Waals surface area contributed by atoms with Crippen molar-refractivity contribution < 1.29 is 0 Å². The van der Waals surface area contributed by atoms with Gasteiger partial charge >= 0.3 is 0 Å². The predicted molar refractivity (Wildman–Crippen MR) is 82.9 cm³/mol. The van der Waals surface area contributed by atoms with E-state index in [1.807, 2.05) is 0 Å². The van der Waals surface area contributed by atoms with Crippen LogP contribution in [0.25, 0.3) is 0 Å². The highest BCUT2D eigenvalue weighted by atomic mass is 15.3. The molecule has 0 spiro atoms. The molecule has 1 saturated heterocycles. The Morgan fingerprint density at radius 3 is 2.63 bits per heavy atom. The van der Waals surface area contributed by atoms with Crippen LogP contribution in [0.15, 0.2) is 24.3 Å². The first-order chi connectivity index (χ1) is 8.90. The molecular formula is C16H27N3. The summed E-state index contributed by atoms with van der Waals surface area (Å²) in [4.78, 5) is 4.82. The molecule has 19 heavy (non-hydrogen) atoms. The molecule has 1 aliphatic rings. The van der Waals surface area contributed by atoms with Crippen LogP contribution in [0.4, 0.5) is 5.69 Å². The van der Waals surface area contributed by atoms with Crippen LogP contribution in [0.5, 0.6) is 0 Å². The minimum absolute atomic E-state index is 0.162. The highest BCUT2D eigenvalue weighted by molar-refractivity contribution is 5.55. The maximum Gasteiger partial charge on any atom is 0.0471 e. The lowest BCUT2D eigenvalue weighted by atomic mass is 9.95. The lowest BCUT2D eigenvalue weighted by Crippen LogP contribution is -2.64. The molecule has 0 radical (unpaired) electrons. The van der Waals surface area contributed by atoms with Crippen molar-refractivity contribution in [1.82, 2.24) is 10.2 Å². The van der Waals surface area contributed by atoms with Gasteiger partial charge in [0.15, 0.2) is 0 Å². The van der Waals surface area contributed by atoms with E-state index in [1.54, 1.807) is 0 Å². The van der Waals surface area contributed by atoms with Crippen molar-refractivity contribution in [2.24, 2.45) is 0 Å². The van der Waals surface area contributed by atoms with Crippen molar-refractivity contribution in [2.45, 2.75) is 32.4 Å². The van der Waals surface area contributed by atoms with E-state index in [-0.39, 0.29) is 5.54 Å². The zero-order valence-corrected chi connectivity index (χ0v) is 12.9. The second kappa shape index (κ2) is 5.51. The van der Waals surface area contributed by atoms with Crippen LogP contribution in [0.3, 0.4) is 0 Å². The molecule has 0 aromatic heterocycles. The molecule has 1 aromatic rings. The SMILES string of the molecule is Cc1ccccc1N1CC(CN(C)C)NCC1(C)C. The van der Waals surface area contributed by atoms with E-state index in [0.717, 1.165) is 19.6 Å². The normalized spacial score (nSPS) is 22.8. The van der Waals surface area contributed by atoms with E-state index in [9.17, 15) is 0 Å². The quantitative estimate of drug-likeness (QED) is 0.899. The van der Waals surface area contributed by atoms with Crippen molar-refractivity contribution in [1.29, 1.82) is 0 Å². The van der Waals surface area contributed by atoms with E-state index in [1.165, 1.54) is 11.3 Å². The fraction of sp³-hybridized carbons (Fsp3) is 0.625. The summed E-state index contributed by atoms with van der Waals surface area (Å²) in [6, 6.07) is 9.23. The van der Waals surface area contributed by atoms with E-state index in [2.05, 4.69) is 74.2 Å². The number of benzene rings is 1. The fourth-order valence-electron chi connectivity index (χ4n) is 2.88. The molecular weight excluding hydrogens is 234 g/mol. The lowest BCUT2D eigenvalue weighted by Gasteiger charge is -2.48. The third kappa shape index (κ3) is 3.28. The molecule has 0 bridgehead atoms. The Kier molecular flexibility index (Phi) is 4.16. The van der Waals surface area contributed by atoms with Crippen LogP contribution in [-0.2, 0) is 0 Å². The summed E-state index contributed by atoms with van der Waals surface area (Å²) in [5.41, 5.74) is 2.90. The topological polar surface area (TPSA) is 18.5 Å². The number of para-hydroxylation sites is 1. The first-order valence-electron chi connectivity index (χ1n) is 7.11. The number of hydrogen-bond acceptors (Lipinski definition) is 3. The summed E-state index contributed by atoms with van der Waals surface area (Å²) < 4.78 is 0. The number of aryl methyl sites for hydroxylation is 1. The Morgan fingerprint density at radius 2 is 2.00 bits per heavy atom. The van der Waals surface area contributed by atoms with Gasteiger partial charge in [0, 0.05) is 36.9 Å². The summed E-state index contributed by atoms with van der Waals surface area (Å²) in [6.07, 6.45) is 0. The highest BCUT2D eigenvalue weighted by Crippen LogP contribution is 2.29. The van der Waals surface area contributed by atoms with Gasteiger partial charge in [0.1, 0.15) is 0 Å². The molecule has 106 valence electrons. The van der Waals surface area contributed by atoms with Crippen molar-refractivity contribution in [2.75, 3.05) is 38.6 Å². The number of nitrogens with zero attached hydrogens (tertiary/aromatic N) is 2. The summed E-state index contributed by atoms with van der Waals surface area (Å²) in [6.45, 7) is 10.0. The molecule has 3 nitrogen and oxygen atoms in total. The smallest absolute Gasteiger partial charge is 0.0471 e. The van der Waals surface area contributed by atoms with E-state index in [4.69, 9.17) is 0 Å². The van der Waals surface area contributed by atoms with Crippen molar-refractivity contribution in [3.63, 3.8) is 0 Å². The van der Waals surface area contributed by atoms with E-state index < -0.39 is 0 Å². The Balaban J connectivity index is 2.22. The first-order valence-corrected chi connectivity index (χ1v) is 7.11. The molecule has 1 N–H and O–H groups in total. The average molecular weight is 261 g/mol. The zero-order valence-electron chi connectivity index (χ0n) is 12.9. The first kappa shape index (κ1) is 14.4. The average Bonchev–Trinajstić information content (AvgIpc) is 2.32. The number of hydrogen-bond donors (Lipinski definition) is 1. The third-order valence-electron chi connectivity index (χ3n) is 3.95. The number of likely N-dealkylation sites (N-methyl/N-ethyl adjacent to an activating group) is 1. The van der Waals surface area contributed by atoms with Crippen molar-refractivity contribution in [3.05, 3.63) is 29.8 Å². The van der Waals surface area contributed by atoms with Crippen LogP contribution in [-0.4, -0.2) is 50.2 Å². The number of rotatable bonds is 3. The van der Waals surface area contributed by atoms with Gasteiger partial charge < -0.3 is 15.1 Å². The number of piperazine rings is 1. The number of nitrogens with one attached hydrogen (secondary N) is 1. The van der Waals surface area contributed by atoms with Crippen LogP contribution in [0.2, 0.25) is 0 Å². The van der Waals surface area contributed by atoms with Crippen LogP contribution in [0.1, 0.15) is 19.4 Å². The largest absolute Gasteiger partial charge is 0.363 e. The molecule has 2 rings (SSSR count). The van der Waals surface area contributed by atoms with Crippen LogP contribution >= 0.6 is 0 Å². The minimum atomic E-state index is 0.162. The summed E-state index contributed by atoms with van der Waals surface area (Å²) in [5.74, 6) is 0. The molecule has 0 saturated carbocycles. The van der Waals surface area contributed by atoms with Gasteiger partial charge in [0.05, 0.1) is 0 Å². The second-order valence-electron chi connectivity index (χ2n) is 6.55. The van der Waals surface area contributed by atoms with Gasteiger partial charge in [-0.3, -0.25) is 0 Å². The zero-order chi connectivity index (χ0) is 14.0. The number of anilines is 1. The molecule has 1 atom stereocenters. The summed E-state index contributed by atoms with van der Waals surface area (Å²) >= 11 is 0. The van der Waals surface area contributed by atoms with Gasteiger partial charge in [-0.15, -0.1) is 0 Å². The van der Waals surface area contributed by atoms with Gasteiger partial charge in [0.25, 0.3) is 0 Å². The summed E-state index contributed by atoms with van der Waals surface area (Å²) in [5, 5.41) is 3.68. The molecule has 3 heteroatoms. The molecule has 1 heterocycles. The van der Waals surface area contributed by atoms with Gasteiger partial charge in [-0.1, -0.05) is 18.2 Å². The Morgan fingerprint density at radius 1 is 1.32 bits per heavy atom. The maximum atomic E-state index is 3.68. The predicted octanol–water partition coefficient (Wildman–Crippen LogP) is 2.11. The summed E-state index contributed by atoms with van der Waals surface area (Å²) in [7, 11) is 4.28. The maximum absolute atomic E-state index is 3.68. The third-order valence-corrected chi connectivity index (χ3v) is 3.95. The molecule has 0 amide bonds. The standard InChI is InChI=1S/C16H27N3/c1-13-8-6-7-9-15(13)19-11-14(10-18(4)5)17-12-16(19,2)3/h6-9,14,17H,10-12H2,1-5H3. The van der Waals surface area contributed by atoms with Gasteiger partial charge in [-0.05, 0) is 46.5 Å². The second-order valence-corrected chi connectivity index (χ2v) is 6.55. The molecule has 1 aliphatic heterocycles. The van der Waals surface area contributed by atoms with Crippen molar-refractivity contribution in [3.8, 4) is 0 Å². The fourth-order valence-corrected chi connectivity index (χ4v) is 2.88. The van der Waals surface area contributed by atoms with Gasteiger partial charge in [-0.2, -0.15) is 0 Å². The van der Waals surface area contributed by atoms with E-state index >= 15 is 0 Å². The van der Waals surface area contributed by atoms with Gasteiger partial charge in [0.2, 0.25) is 0 Å². The molecule has 1 aromatic carbocycles. The Hall–Kier alpha value is -1.06. The Bertz CT molecular complexity index is 426. The van der Waals surface area contributed by atoms with Crippen LogP contribution < -0.4 is 10.2 Å². The molecule has 1 fully saturated rings. The van der Waals surface area contributed by atoms with Crippen LogP contribution in [0, 0.1) is 6.92 Å². The monoisotopic (exact) mass is 261 g/mol. The molecule has 1 unspecified atom stereocenters. The Labute approximate surface area is 117 Å². The highest BCUT2D eigenvalue weighted by Gasteiger charge is 2.34. The minimum Gasteiger partial charge on any atom is -0.363 e. The van der Waals surface area contributed by atoms with Gasteiger partial charge in [-0.25, -0.2) is 0 Å². The molecule has 0 aliphatic carbocycles.